The van der Waals surface area contributed by atoms with Crippen LogP contribution in [0.5, 0.6) is 0 Å². The number of benzene rings is 3. The first-order valence-corrected chi connectivity index (χ1v) is 17.0. The first-order valence-electron chi connectivity index (χ1n) is 17.0. The number of rotatable bonds is 13. The fourth-order valence-corrected chi connectivity index (χ4v) is 7.95. The van der Waals surface area contributed by atoms with Crippen LogP contribution in [0.4, 0.5) is 5.69 Å². The highest BCUT2D eigenvalue weighted by Crippen LogP contribution is 2.65. The van der Waals surface area contributed by atoms with E-state index in [1.165, 1.54) is 0 Å². The lowest BCUT2D eigenvalue weighted by Crippen LogP contribution is -2.75. The molecule has 252 valence electrons. The van der Waals surface area contributed by atoms with Gasteiger partial charge in [0, 0.05) is 44.3 Å². The number of nitrogens with one attached hydrogen (secondary N) is 1. The Kier molecular flexibility index (Phi) is 9.88. The summed E-state index contributed by atoms with van der Waals surface area (Å²) in [5, 5.41) is 3.38. The maximum Gasteiger partial charge on any atom is 0.338 e. The molecule has 4 aliphatic carbocycles. The number of anilines is 1. The Morgan fingerprint density at radius 1 is 0.750 bits per heavy atom. The Hall–Kier alpha value is -4.24. The summed E-state index contributed by atoms with van der Waals surface area (Å²) in [6.45, 7) is 5.08. The van der Waals surface area contributed by atoms with Crippen molar-refractivity contribution in [3.05, 3.63) is 125 Å². The summed E-state index contributed by atoms with van der Waals surface area (Å²) in [5.74, 6) is -1.66. The second-order valence-electron chi connectivity index (χ2n) is 12.9. The third-order valence-electron chi connectivity index (χ3n) is 10.3. The van der Waals surface area contributed by atoms with Crippen molar-refractivity contribution in [1.29, 1.82) is 0 Å². The molecule has 0 aliphatic heterocycles. The highest BCUT2D eigenvalue weighted by Gasteiger charge is 2.74. The van der Waals surface area contributed by atoms with Gasteiger partial charge >= 0.3 is 11.9 Å². The summed E-state index contributed by atoms with van der Waals surface area (Å²) in [6, 6.07) is 22.2. The van der Waals surface area contributed by atoms with E-state index < -0.39 is 35.3 Å². The van der Waals surface area contributed by atoms with Crippen molar-refractivity contribution < 1.29 is 28.5 Å². The molecule has 7 rings (SSSR count). The van der Waals surface area contributed by atoms with E-state index in [1.807, 2.05) is 60.7 Å². The number of hydrogen-bond acceptors (Lipinski definition) is 8. The van der Waals surface area contributed by atoms with Gasteiger partial charge in [-0.2, -0.15) is 0 Å². The van der Waals surface area contributed by atoms with E-state index in [9.17, 15) is 9.59 Å². The number of methoxy groups -OCH3 is 2. The first kappa shape index (κ1) is 33.7. The third-order valence-corrected chi connectivity index (χ3v) is 10.3. The molecule has 2 bridgehead atoms. The Labute approximate surface area is 283 Å². The van der Waals surface area contributed by atoms with Gasteiger partial charge in [0.2, 0.25) is 0 Å². The standard InChI is InChI=1S/C40H46N2O6/c1-5-7-25-42-29-23-21-28(22-24-29)38(44)48-36-35(47-37(43)27-19-17-26(18-20-27)34(41)12-6-2)39(45-3)30-13-8-10-15-32(30)40(36,46-4)33-16-11-9-14-31(33)39/h8-11,13-24,30,32,34-36,42H,5-7,12,25,41H2,1-4H3/t30?,32?,34?,35-,36+,39-,40+/m1/s1. The molecule has 3 aromatic carbocycles. The maximum absolute atomic E-state index is 14.0. The van der Waals surface area contributed by atoms with Crippen molar-refractivity contribution in [3.8, 4) is 0 Å². The molecule has 0 amide bonds. The van der Waals surface area contributed by atoms with Crippen LogP contribution in [0.25, 0.3) is 0 Å². The van der Waals surface area contributed by atoms with E-state index in [2.05, 4.69) is 31.3 Å². The van der Waals surface area contributed by atoms with Crippen LogP contribution >= 0.6 is 0 Å². The number of carbonyl (C=O) groups is 2. The van der Waals surface area contributed by atoms with Crippen LogP contribution in [0.1, 0.15) is 83.0 Å². The predicted molar refractivity (Wildman–Crippen MR) is 186 cm³/mol. The molecular weight excluding hydrogens is 604 g/mol. The van der Waals surface area contributed by atoms with E-state index in [1.54, 1.807) is 38.5 Å². The monoisotopic (exact) mass is 650 g/mol. The Morgan fingerprint density at radius 3 is 1.71 bits per heavy atom. The third kappa shape index (κ3) is 5.55. The van der Waals surface area contributed by atoms with Gasteiger partial charge in [-0.1, -0.05) is 87.4 Å². The molecule has 3 N–H and O–H groups in total. The molecule has 0 spiro atoms. The van der Waals surface area contributed by atoms with Crippen LogP contribution in [0.2, 0.25) is 0 Å². The number of esters is 2. The molecule has 3 unspecified atom stereocenters. The van der Waals surface area contributed by atoms with Gasteiger partial charge in [0.15, 0.2) is 12.2 Å². The molecule has 8 heteroatoms. The molecule has 1 fully saturated rings. The molecule has 0 radical (unpaired) electrons. The summed E-state index contributed by atoms with van der Waals surface area (Å²) >= 11 is 0. The van der Waals surface area contributed by atoms with Crippen molar-refractivity contribution in [2.45, 2.75) is 69.0 Å². The van der Waals surface area contributed by atoms with Crippen molar-refractivity contribution in [3.63, 3.8) is 0 Å². The molecular formula is C40H46N2O6. The van der Waals surface area contributed by atoms with Gasteiger partial charge in [-0.15, -0.1) is 0 Å². The summed E-state index contributed by atoms with van der Waals surface area (Å²) in [4.78, 5) is 28.1. The fraction of sp³-hybridized carbons (Fsp3) is 0.400. The minimum Gasteiger partial charge on any atom is -0.451 e. The van der Waals surface area contributed by atoms with Crippen LogP contribution < -0.4 is 11.1 Å². The lowest BCUT2D eigenvalue weighted by atomic mass is 9.48. The van der Waals surface area contributed by atoms with Gasteiger partial charge in [0.05, 0.1) is 11.1 Å². The van der Waals surface area contributed by atoms with Gasteiger partial charge < -0.3 is 30.0 Å². The predicted octanol–water partition coefficient (Wildman–Crippen LogP) is 7.22. The van der Waals surface area contributed by atoms with E-state index in [0.717, 1.165) is 54.6 Å². The Morgan fingerprint density at radius 2 is 1.25 bits per heavy atom. The topological polar surface area (TPSA) is 109 Å². The smallest absolute Gasteiger partial charge is 0.338 e. The zero-order valence-electron chi connectivity index (χ0n) is 28.2. The number of hydrogen-bond donors (Lipinski definition) is 2. The largest absolute Gasteiger partial charge is 0.451 e. The van der Waals surface area contributed by atoms with Gasteiger partial charge in [-0.25, -0.2) is 9.59 Å². The Bertz CT molecular complexity index is 1670. The Balaban J connectivity index is 1.41. The highest BCUT2D eigenvalue weighted by atomic mass is 16.6. The van der Waals surface area contributed by atoms with E-state index in [0.29, 0.717) is 11.1 Å². The number of fused-ring (bicyclic) bond motifs is 1. The van der Waals surface area contributed by atoms with E-state index in [-0.39, 0.29) is 17.9 Å². The average Bonchev–Trinajstić information content (AvgIpc) is 3.13. The number of allylic oxidation sites excluding steroid dienone is 2. The maximum atomic E-state index is 14.0. The van der Waals surface area contributed by atoms with Crippen molar-refractivity contribution >= 4 is 17.6 Å². The van der Waals surface area contributed by atoms with E-state index >= 15 is 0 Å². The molecule has 48 heavy (non-hydrogen) atoms. The van der Waals surface area contributed by atoms with Gasteiger partial charge in [-0.05, 0) is 65.9 Å². The summed E-state index contributed by atoms with van der Waals surface area (Å²) in [6.07, 6.45) is 9.94. The SMILES string of the molecule is CCCCNc1ccc(C(=O)O[C@H]2[C@@H](OC(=O)c3ccc(C(N)CCC)cc3)[C@]3(OC)c4ccccc4[C@@]2(OC)C2C=CC=CC23)cc1. The van der Waals surface area contributed by atoms with Crippen LogP contribution in [0, 0.1) is 11.8 Å². The highest BCUT2D eigenvalue weighted by molar-refractivity contribution is 5.91. The lowest BCUT2D eigenvalue weighted by molar-refractivity contribution is -0.294. The van der Waals surface area contributed by atoms with Crippen LogP contribution in [0.3, 0.4) is 0 Å². The van der Waals surface area contributed by atoms with Crippen LogP contribution in [-0.2, 0) is 30.1 Å². The summed E-state index contributed by atoms with van der Waals surface area (Å²) in [7, 11) is 3.25. The normalized spacial score (nSPS) is 27.1. The van der Waals surface area contributed by atoms with Crippen molar-refractivity contribution in [2.24, 2.45) is 17.6 Å². The van der Waals surface area contributed by atoms with E-state index in [4.69, 9.17) is 24.7 Å². The average molecular weight is 651 g/mol. The molecule has 0 saturated heterocycles. The molecule has 4 aliphatic rings. The second-order valence-corrected chi connectivity index (χ2v) is 12.9. The van der Waals surface area contributed by atoms with Crippen LogP contribution in [0.15, 0.2) is 97.1 Å². The van der Waals surface area contributed by atoms with Crippen LogP contribution in [-0.4, -0.2) is 44.9 Å². The fourth-order valence-electron chi connectivity index (χ4n) is 7.95. The van der Waals surface area contributed by atoms with Crippen molar-refractivity contribution in [1.82, 2.24) is 0 Å². The number of carbonyl (C=O) groups excluding carboxylic acids is 2. The quantitative estimate of drug-likeness (QED) is 0.148. The molecule has 8 nitrogen and oxygen atoms in total. The minimum atomic E-state index is -1.18. The first-order chi connectivity index (χ1) is 23.3. The summed E-state index contributed by atoms with van der Waals surface area (Å²) < 4.78 is 26.0. The number of unbranched alkanes of at least 4 members (excludes halogenated alkanes) is 1. The number of nitrogens with two attached hydrogens (primary N) is 1. The minimum absolute atomic E-state index is 0.114. The number of ether oxygens (including phenoxy) is 4. The molecule has 7 atom stereocenters. The molecule has 3 aromatic rings. The van der Waals surface area contributed by atoms with Gasteiger partial charge in [0.1, 0.15) is 11.2 Å². The zero-order valence-corrected chi connectivity index (χ0v) is 28.2. The second kappa shape index (κ2) is 14.1. The summed E-state index contributed by atoms with van der Waals surface area (Å²) in [5.41, 5.74) is 8.26. The molecule has 0 heterocycles. The lowest BCUT2D eigenvalue weighted by Gasteiger charge is -2.65. The van der Waals surface area contributed by atoms with Gasteiger partial charge in [0.25, 0.3) is 0 Å². The van der Waals surface area contributed by atoms with Gasteiger partial charge in [-0.3, -0.25) is 0 Å². The molecule has 0 aromatic heterocycles. The zero-order chi connectivity index (χ0) is 33.9. The van der Waals surface area contributed by atoms with Crippen molar-refractivity contribution in [2.75, 3.05) is 26.1 Å². The molecule has 1 saturated carbocycles.